The second kappa shape index (κ2) is 9.49. The van der Waals surface area contributed by atoms with Crippen LogP contribution in [0.1, 0.15) is 26.7 Å². The Kier molecular flexibility index (Phi) is 8.40. The number of hydrogen-bond donors (Lipinski definition) is 1. The lowest BCUT2D eigenvalue weighted by atomic mass is 10.2. The molecule has 0 saturated heterocycles. The third-order valence-corrected chi connectivity index (χ3v) is 2.05. The van der Waals surface area contributed by atoms with E-state index in [2.05, 4.69) is 27.7 Å². The van der Waals surface area contributed by atoms with E-state index in [1.807, 2.05) is 6.92 Å². The Morgan fingerprint density at radius 2 is 1.81 bits per heavy atom. The van der Waals surface area contributed by atoms with Gasteiger partial charge in [-0.1, -0.05) is 26.5 Å². The largest absolute Gasteiger partial charge is 0.421 e. The van der Waals surface area contributed by atoms with Crippen LogP contribution in [0.25, 0.3) is 0 Å². The van der Waals surface area contributed by atoms with E-state index in [0.29, 0.717) is 12.8 Å². The van der Waals surface area contributed by atoms with E-state index in [1.54, 1.807) is 0 Å². The fraction of sp³-hybridized carbons (Fsp3) is 0.357. The molecule has 0 aromatic heterocycles. The first-order chi connectivity index (χ1) is 9.81. The molecule has 1 N–H and O–H groups in total. The van der Waals surface area contributed by atoms with Crippen molar-refractivity contribution in [3.63, 3.8) is 0 Å². The van der Waals surface area contributed by atoms with Gasteiger partial charge in [-0.25, -0.2) is 24.2 Å². The van der Waals surface area contributed by atoms with Gasteiger partial charge in [-0.3, -0.25) is 0 Å². The van der Waals surface area contributed by atoms with E-state index >= 15 is 0 Å². The van der Waals surface area contributed by atoms with Gasteiger partial charge in [0.2, 0.25) is 5.76 Å². The van der Waals surface area contributed by atoms with E-state index in [0.717, 1.165) is 12.2 Å². The van der Waals surface area contributed by atoms with Gasteiger partial charge < -0.3 is 9.84 Å². The highest BCUT2D eigenvalue weighted by Gasteiger charge is 2.21. The first kappa shape index (κ1) is 18.6. The smallest absolute Gasteiger partial charge is 0.416 e. The Balaban J connectivity index is 4.89. The third-order valence-electron chi connectivity index (χ3n) is 2.05. The zero-order valence-corrected chi connectivity index (χ0v) is 12.0. The molecule has 116 valence electrons. The average molecular weight is 298 g/mol. The number of aliphatic hydroxyl groups is 1. The molecule has 0 saturated carbocycles. The molecule has 0 aliphatic rings. The van der Waals surface area contributed by atoms with Gasteiger partial charge in [0.25, 0.3) is 0 Å². The highest BCUT2D eigenvalue weighted by molar-refractivity contribution is 5.93. The molecule has 0 spiro atoms. The Morgan fingerprint density at radius 3 is 2.29 bits per heavy atom. The van der Waals surface area contributed by atoms with E-state index in [-0.39, 0.29) is 5.57 Å². The number of aliphatic hydroxyl groups excluding tert-OH is 1. The summed E-state index contributed by atoms with van der Waals surface area (Å²) < 4.78 is 4.63. The lowest BCUT2D eigenvalue weighted by Gasteiger charge is -2.09. The highest BCUT2D eigenvalue weighted by atomic mass is 17.2. The van der Waals surface area contributed by atoms with Crippen LogP contribution in [0.2, 0.25) is 0 Å². The zero-order chi connectivity index (χ0) is 16.4. The van der Waals surface area contributed by atoms with Crippen LogP contribution >= 0.6 is 0 Å². The first-order valence-corrected chi connectivity index (χ1v) is 6.14. The molecular weight excluding hydrogens is 280 g/mol. The number of esters is 1. The number of ether oxygens (including phenoxy) is 1. The zero-order valence-electron chi connectivity index (χ0n) is 12.0. The lowest BCUT2D eigenvalue weighted by Crippen LogP contribution is -2.18. The van der Waals surface area contributed by atoms with Crippen molar-refractivity contribution < 1.29 is 34.0 Å². The molecule has 0 rings (SSSR count). The fourth-order valence-electron chi connectivity index (χ4n) is 1.04. The summed E-state index contributed by atoms with van der Waals surface area (Å²) in [6.07, 6.45) is 1.77. The minimum Gasteiger partial charge on any atom is -0.416 e. The van der Waals surface area contributed by atoms with E-state index in [9.17, 15) is 19.5 Å². The first-order valence-electron chi connectivity index (χ1n) is 6.14. The molecule has 1 unspecified atom stereocenters. The van der Waals surface area contributed by atoms with Gasteiger partial charge in [-0.15, -0.1) is 0 Å². The molecule has 1 atom stereocenters. The SMILES string of the molecule is C=CC(=O)O/C(=C\C(O)CCC)C(=O)OOC(=O)C(=C)C. The molecule has 7 heteroatoms. The molecule has 0 amide bonds. The van der Waals surface area contributed by atoms with Crippen molar-refractivity contribution in [2.24, 2.45) is 0 Å². The van der Waals surface area contributed by atoms with E-state index < -0.39 is 29.8 Å². The minimum absolute atomic E-state index is 0.0161. The van der Waals surface area contributed by atoms with Crippen molar-refractivity contribution in [2.45, 2.75) is 32.8 Å². The summed E-state index contributed by atoms with van der Waals surface area (Å²) in [5.41, 5.74) is 0.0161. The molecule has 0 aromatic carbocycles. The molecule has 0 aromatic rings. The van der Waals surface area contributed by atoms with Crippen molar-refractivity contribution in [2.75, 3.05) is 0 Å². The second-order valence-corrected chi connectivity index (χ2v) is 4.03. The second-order valence-electron chi connectivity index (χ2n) is 4.03. The van der Waals surface area contributed by atoms with Gasteiger partial charge in [-0.05, 0) is 19.4 Å². The van der Waals surface area contributed by atoms with E-state index in [1.165, 1.54) is 6.92 Å². The summed E-state index contributed by atoms with van der Waals surface area (Å²) in [7, 11) is 0. The molecule has 21 heavy (non-hydrogen) atoms. The number of carbonyl (C=O) groups is 3. The van der Waals surface area contributed by atoms with Crippen LogP contribution in [0.15, 0.2) is 36.6 Å². The van der Waals surface area contributed by atoms with Crippen molar-refractivity contribution in [3.8, 4) is 0 Å². The predicted octanol–water partition coefficient (Wildman–Crippen LogP) is 1.34. The van der Waals surface area contributed by atoms with Crippen molar-refractivity contribution in [1.82, 2.24) is 0 Å². The van der Waals surface area contributed by atoms with Crippen LogP contribution in [0.3, 0.4) is 0 Å². The van der Waals surface area contributed by atoms with Crippen LogP contribution in [0.4, 0.5) is 0 Å². The van der Waals surface area contributed by atoms with Gasteiger partial charge in [0, 0.05) is 11.6 Å². The summed E-state index contributed by atoms with van der Waals surface area (Å²) in [5, 5.41) is 9.60. The van der Waals surface area contributed by atoms with Gasteiger partial charge >= 0.3 is 17.9 Å². The maximum absolute atomic E-state index is 11.6. The molecule has 0 aliphatic heterocycles. The Bertz CT molecular complexity index is 462. The van der Waals surface area contributed by atoms with Crippen molar-refractivity contribution in [3.05, 3.63) is 36.6 Å². The maximum atomic E-state index is 11.6. The summed E-state index contributed by atoms with van der Waals surface area (Å²) in [5.74, 6) is -3.72. The van der Waals surface area contributed by atoms with Crippen molar-refractivity contribution >= 4 is 17.9 Å². The quantitative estimate of drug-likeness (QED) is 0.249. The summed E-state index contributed by atoms with van der Waals surface area (Å²) >= 11 is 0. The van der Waals surface area contributed by atoms with Gasteiger partial charge in [0.05, 0.1) is 6.10 Å². The summed E-state index contributed by atoms with van der Waals surface area (Å²) in [6, 6.07) is 0. The van der Waals surface area contributed by atoms with Crippen LogP contribution in [-0.4, -0.2) is 29.1 Å². The molecule has 0 aliphatic carbocycles. The lowest BCUT2D eigenvalue weighted by molar-refractivity contribution is -0.254. The van der Waals surface area contributed by atoms with Gasteiger partial charge in [0.1, 0.15) is 0 Å². The topological polar surface area (TPSA) is 99.1 Å². The Morgan fingerprint density at radius 1 is 1.24 bits per heavy atom. The number of rotatable bonds is 7. The monoisotopic (exact) mass is 298 g/mol. The Hall–Kier alpha value is -2.41. The molecular formula is C14H18O7. The maximum Gasteiger partial charge on any atom is 0.421 e. The predicted molar refractivity (Wildman–Crippen MR) is 72.3 cm³/mol. The molecule has 0 bridgehead atoms. The third kappa shape index (κ3) is 7.68. The Labute approximate surface area is 122 Å². The normalized spacial score (nSPS) is 12.0. The summed E-state index contributed by atoms with van der Waals surface area (Å²) in [6.45, 7) is 9.64. The van der Waals surface area contributed by atoms with Gasteiger partial charge in [0.15, 0.2) is 0 Å². The van der Waals surface area contributed by atoms with Crippen LogP contribution < -0.4 is 0 Å². The van der Waals surface area contributed by atoms with Crippen LogP contribution in [-0.2, 0) is 28.9 Å². The average Bonchev–Trinajstić information content (AvgIpc) is 2.43. The molecule has 7 nitrogen and oxygen atoms in total. The fourth-order valence-corrected chi connectivity index (χ4v) is 1.04. The number of carbonyl (C=O) groups excluding carboxylic acids is 3. The van der Waals surface area contributed by atoms with Crippen LogP contribution in [0, 0.1) is 0 Å². The standard InChI is InChI=1S/C14H18O7/c1-5-7-10(15)8-11(19-12(16)6-2)14(18)21-20-13(17)9(3)4/h6,8,10,15H,2-3,5,7H2,1,4H3/b11-8-. The van der Waals surface area contributed by atoms with Crippen molar-refractivity contribution in [1.29, 1.82) is 0 Å². The summed E-state index contributed by atoms with van der Waals surface area (Å²) in [4.78, 5) is 42.2. The molecule has 0 heterocycles. The number of hydrogen-bond acceptors (Lipinski definition) is 7. The van der Waals surface area contributed by atoms with E-state index in [4.69, 9.17) is 0 Å². The highest BCUT2D eigenvalue weighted by Crippen LogP contribution is 2.08. The molecule has 0 fully saturated rings. The minimum atomic E-state index is -1.24. The molecule has 0 radical (unpaired) electrons. The van der Waals surface area contributed by atoms with Crippen LogP contribution in [0.5, 0.6) is 0 Å². The van der Waals surface area contributed by atoms with Gasteiger partial charge in [-0.2, -0.15) is 0 Å².